The molecule has 4 rings (SSSR count). The molecule has 7 heteroatoms. The summed E-state index contributed by atoms with van der Waals surface area (Å²) in [6.45, 7) is 5.75. The Kier molecular flexibility index (Phi) is 5.76. The van der Waals surface area contributed by atoms with Gasteiger partial charge in [0.15, 0.2) is 16.7 Å². The molecule has 0 saturated carbocycles. The number of carbonyl (C=O) groups is 1. The lowest BCUT2D eigenvalue weighted by atomic mass is 10.1. The van der Waals surface area contributed by atoms with E-state index in [-0.39, 0.29) is 5.91 Å². The van der Waals surface area contributed by atoms with Gasteiger partial charge in [0.2, 0.25) is 5.91 Å². The molecule has 0 bridgehead atoms. The lowest BCUT2D eigenvalue weighted by molar-refractivity contribution is -0.118. The van der Waals surface area contributed by atoms with Crippen LogP contribution < -0.4 is 14.8 Å². The summed E-state index contributed by atoms with van der Waals surface area (Å²) in [6.07, 6.45) is 3.69. The van der Waals surface area contributed by atoms with Crippen LogP contribution in [0.25, 0.3) is 5.69 Å². The van der Waals surface area contributed by atoms with Gasteiger partial charge in [-0.05, 0) is 48.7 Å². The van der Waals surface area contributed by atoms with Crippen molar-refractivity contribution in [2.45, 2.75) is 25.5 Å². The smallest absolute Gasteiger partial charge is 0.230 e. The normalized spacial score (nSPS) is 12.6. The van der Waals surface area contributed by atoms with Crippen LogP contribution in [0.2, 0.25) is 0 Å². The molecular weight excluding hydrogens is 386 g/mol. The molecule has 0 spiro atoms. The highest BCUT2D eigenvalue weighted by Gasteiger charge is 2.13. The first-order valence-electron chi connectivity index (χ1n) is 9.50. The summed E-state index contributed by atoms with van der Waals surface area (Å²) in [5.74, 6) is 1.74. The number of amides is 1. The third kappa shape index (κ3) is 4.40. The highest BCUT2D eigenvalue weighted by Crippen LogP contribution is 2.30. The van der Waals surface area contributed by atoms with E-state index in [1.807, 2.05) is 35.0 Å². The van der Waals surface area contributed by atoms with Gasteiger partial charge in [0, 0.05) is 18.9 Å². The molecule has 1 aromatic heterocycles. The summed E-state index contributed by atoms with van der Waals surface area (Å²) in [5, 5.41) is 3.75. The summed E-state index contributed by atoms with van der Waals surface area (Å²) < 4.78 is 13.1. The van der Waals surface area contributed by atoms with Crippen LogP contribution >= 0.6 is 11.8 Å². The number of carbonyl (C=O) groups excluding carboxylic acids is 1. The Morgan fingerprint density at radius 1 is 1.17 bits per heavy atom. The molecule has 0 saturated heterocycles. The molecule has 0 aliphatic carbocycles. The Labute approximate surface area is 174 Å². The molecule has 0 unspecified atom stereocenters. The summed E-state index contributed by atoms with van der Waals surface area (Å²) in [7, 11) is 0. The van der Waals surface area contributed by atoms with Crippen LogP contribution in [0.1, 0.15) is 16.7 Å². The number of rotatable bonds is 6. The standard InChI is InChI=1S/C22H23N3O3S/c1-15-4-3-5-18(16(15)2)25-9-8-23-22(25)29-14-21(26)24-13-17-6-7-19-20(12-17)28-11-10-27-19/h3-9,12H,10-11,13-14H2,1-2H3,(H,24,26). The van der Waals surface area contributed by atoms with E-state index in [1.165, 1.54) is 22.9 Å². The van der Waals surface area contributed by atoms with Crippen LogP contribution in [0.15, 0.2) is 53.9 Å². The number of nitrogens with one attached hydrogen (secondary N) is 1. The van der Waals surface area contributed by atoms with Crippen LogP contribution in [0, 0.1) is 13.8 Å². The maximum Gasteiger partial charge on any atom is 0.230 e. The van der Waals surface area contributed by atoms with Crippen LogP contribution in [0.4, 0.5) is 0 Å². The molecule has 1 amide bonds. The quantitative estimate of drug-likeness (QED) is 0.630. The second-order valence-electron chi connectivity index (χ2n) is 6.84. The van der Waals surface area contributed by atoms with Crippen molar-refractivity contribution in [2.75, 3.05) is 19.0 Å². The van der Waals surface area contributed by atoms with Crippen LogP contribution in [-0.2, 0) is 11.3 Å². The van der Waals surface area contributed by atoms with Crippen molar-refractivity contribution < 1.29 is 14.3 Å². The van der Waals surface area contributed by atoms with Crippen molar-refractivity contribution in [3.8, 4) is 17.2 Å². The van der Waals surface area contributed by atoms with Gasteiger partial charge in [-0.15, -0.1) is 0 Å². The molecule has 1 aliphatic rings. The van der Waals surface area contributed by atoms with E-state index in [4.69, 9.17) is 9.47 Å². The number of benzene rings is 2. The zero-order valence-electron chi connectivity index (χ0n) is 16.5. The second kappa shape index (κ2) is 8.61. The molecule has 0 atom stereocenters. The molecule has 1 N–H and O–H groups in total. The Balaban J connectivity index is 1.35. The van der Waals surface area contributed by atoms with Gasteiger partial charge in [-0.1, -0.05) is 30.0 Å². The van der Waals surface area contributed by atoms with E-state index in [1.54, 1.807) is 6.20 Å². The minimum absolute atomic E-state index is 0.0413. The maximum atomic E-state index is 12.3. The molecule has 0 fully saturated rings. The molecule has 0 radical (unpaired) electrons. The fourth-order valence-corrected chi connectivity index (χ4v) is 3.95. The lowest BCUT2D eigenvalue weighted by Gasteiger charge is -2.19. The third-order valence-corrected chi connectivity index (χ3v) is 5.84. The number of thioether (sulfide) groups is 1. The molecule has 29 heavy (non-hydrogen) atoms. The van der Waals surface area contributed by atoms with Gasteiger partial charge >= 0.3 is 0 Å². The number of hydrogen-bond donors (Lipinski definition) is 1. The summed E-state index contributed by atoms with van der Waals surface area (Å²) in [5.41, 5.74) is 4.49. The molecule has 2 heterocycles. The van der Waals surface area contributed by atoms with Crippen molar-refractivity contribution in [3.05, 3.63) is 65.5 Å². The minimum atomic E-state index is -0.0413. The zero-order valence-corrected chi connectivity index (χ0v) is 17.3. The Bertz CT molecular complexity index is 1030. The highest BCUT2D eigenvalue weighted by molar-refractivity contribution is 7.99. The summed E-state index contributed by atoms with van der Waals surface area (Å²) >= 11 is 1.42. The largest absolute Gasteiger partial charge is 0.486 e. The highest BCUT2D eigenvalue weighted by atomic mass is 32.2. The fraction of sp³-hybridized carbons (Fsp3) is 0.273. The topological polar surface area (TPSA) is 65.4 Å². The van der Waals surface area contributed by atoms with E-state index >= 15 is 0 Å². The molecule has 3 aromatic rings. The van der Waals surface area contributed by atoms with Crippen molar-refractivity contribution in [1.82, 2.24) is 14.9 Å². The number of hydrogen-bond acceptors (Lipinski definition) is 5. The average Bonchev–Trinajstić information content (AvgIpc) is 3.21. The van der Waals surface area contributed by atoms with Crippen molar-refractivity contribution in [1.29, 1.82) is 0 Å². The number of fused-ring (bicyclic) bond motifs is 1. The SMILES string of the molecule is Cc1cccc(-n2ccnc2SCC(=O)NCc2ccc3c(c2)OCCO3)c1C. The molecule has 1 aliphatic heterocycles. The van der Waals surface area contributed by atoms with E-state index in [2.05, 4.69) is 36.3 Å². The first kappa shape index (κ1) is 19.4. The third-order valence-electron chi connectivity index (χ3n) is 4.87. The van der Waals surface area contributed by atoms with Crippen LogP contribution in [-0.4, -0.2) is 34.4 Å². The van der Waals surface area contributed by atoms with Gasteiger partial charge in [-0.2, -0.15) is 0 Å². The summed E-state index contributed by atoms with van der Waals surface area (Å²) in [4.78, 5) is 16.8. The Hall–Kier alpha value is -2.93. The van der Waals surface area contributed by atoms with Crippen LogP contribution in [0.5, 0.6) is 11.5 Å². The Morgan fingerprint density at radius 3 is 2.86 bits per heavy atom. The number of ether oxygens (including phenoxy) is 2. The molecule has 150 valence electrons. The monoisotopic (exact) mass is 409 g/mol. The van der Waals surface area contributed by atoms with Crippen molar-refractivity contribution >= 4 is 17.7 Å². The Morgan fingerprint density at radius 2 is 2.00 bits per heavy atom. The lowest BCUT2D eigenvalue weighted by Crippen LogP contribution is -2.25. The van der Waals surface area contributed by atoms with E-state index in [0.29, 0.717) is 25.5 Å². The number of aryl methyl sites for hydroxylation is 1. The van der Waals surface area contributed by atoms with Gasteiger partial charge in [0.25, 0.3) is 0 Å². The van der Waals surface area contributed by atoms with E-state index < -0.39 is 0 Å². The van der Waals surface area contributed by atoms with Crippen molar-refractivity contribution in [3.63, 3.8) is 0 Å². The summed E-state index contributed by atoms with van der Waals surface area (Å²) in [6, 6.07) is 11.9. The first-order valence-corrected chi connectivity index (χ1v) is 10.5. The first-order chi connectivity index (χ1) is 14.1. The minimum Gasteiger partial charge on any atom is -0.486 e. The average molecular weight is 410 g/mol. The number of aromatic nitrogens is 2. The maximum absolute atomic E-state index is 12.3. The number of nitrogens with zero attached hydrogens (tertiary/aromatic N) is 2. The van der Waals surface area contributed by atoms with E-state index in [9.17, 15) is 4.79 Å². The van der Waals surface area contributed by atoms with Gasteiger partial charge in [0.1, 0.15) is 13.2 Å². The van der Waals surface area contributed by atoms with Gasteiger partial charge in [-0.25, -0.2) is 4.98 Å². The predicted molar refractivity (Wildman–Crippen MR) is 113 cm³/mol. The van der Waals surface area contributed by atoms with E-state index in [0.717, 1.165) is 27.9 Å². The van der Waals surface area contributed by atoms with Gasteiger partial charge in [-0.3, -0.25) is 9.36 Å². The fourth-order valence-electron chi connectivity index (χ4n) is 3.16. The van der Waals surface area contributed by atoms with Crippen molar-refractivity contribution in [2.24, 2.45) is 0 Å². The molecular formula is C22H23N3O3S. The van der Waals surface area contributed by atoms with Gasteiger partial charge < -0.3 is 14.8 Å². The zero-order chi connectivity index (χ0) is 20.2. The van der Waals surface area contributed by atoms with Gasteiger partial charge in [0.05, 0.1) is 11.4 Å². The number of imidazole rings is 1. The van der Waals surface area contributed by atoms with Crippen LogP contribution in [0.3, 0.4) is 0 Å². The predicted octanol–water partition coefficient (Wildman–Crippen LogP) is 3.67. The molecule has 6 nitrogen and oxygen atoms in total. The molecule has 2 aromatic carbocycles. The second-order valence-corrected chi connectivity index (χ2v) is 7.78.